The summed E-state index contributed by atoms with van der Waals surface area (Å²) < 4.78 is 0. The van der Waals surface area contributed by atoms with Crippen molar-refractivity contribution in [2.45, 2.75) is 6.92 Å². The molecule has 0 unspecified atom stereocenters. The topological polar surface area (TPSA) is 70.3 Å². The first-order chi connectivity index (χ1) is 9.60. The summed E-state index contributed by atoms with van der Waals surface area (Å²) in [6, 6.07) is 16.2. The largest absolute Gasteiger partial charge is 0.733 e. The maximum absolute atomic E-state index is 10.8. The zero-order valence-corrected chi connectivity index (χ0v) is 10.9. The first-order valence-electron chi connectivity index (χ1n) is 6.05. The third kappa shape index (κ3) is 3.23. The van der Waals surface area contributed by atoms with Gasteiger partial charge in [-0.05, 0) is 36.3 Å². The van der Waals surface area contributed by atoms with Crippen molar-refractivity contribution < 1.29 is 5.21 Å². The highest BCUT2D eigenvalue weighted by Crippen LogP contribution is 2.21. The van der Waals surface area contributed by atoms with Gasteiger partial charge >= 0.3 is 0 Å². The van der Waals surface area contributed by atoms with Crippen molar-refractivity contribution in [1.82, 2.24) is 0 Å². The number of nitrogens with zero attached hydrogens (tertiary/aromatic N) is 2. The Morgan fingerprint density at radius 2 is 1.95 bits per heavy atom. The van der Waals surface area contributed by atoms with Crippen molar-refractivity contribution in [3.8, 4) is 6.07 Å². The summed E-state index contributed by atoms with van der Waals surface area (Å²) in [6.45, 7) is 1.98. The molecule has 0 saturated carbocycles. The third-order valence-corrected chi connectivity index (χ3v) is 2.89. The van der Waals surface area contributed by atoms with Crippen molar-refractivity contribution in [1.29, 1.82) is 5.26 Å². The standard InChI is InChI=1S/C16H13N2O2/c1-12-5-7-14(8-6-12)15(11-17)9-13-3-2-4-16(10-13)18(19)20/h2-10,19H,1H3/q-1. The van der Waals surface area contributed by atoms with Crippen LogP contribution in [0.3, 0.4) is 0 Å². The van der Waals surface area contributed by atoms with Crippen molar-refractivity contribution in [3.05, 3.63) is 70.4 Å². The molecule has 0 aliphatic carbocycles. The molecule has 100 valence electrons. The fourth-order valence-corrected chi connectivity index (χ4v) is 1.81. The molecule has 4 nitrogen and oxygen atoms in total. The Kier molecular flexibility index (Phi) is 4.16. The van der Waals surface area contributed by atoms with Gasteiger partial charge in [0.2, 0.25) is 0 Å². The van der Waals surface area contributed by atoms with E-state index in [1.54, 1.807) is 18.2 Å². The Morgan fingerprint density at radius 1 is 1.25 bits per heavy atom. The number of anilines is 1. The Hall–Kier alpha value is -2.61. The smallest absolute Gasteiger partial charge is 0.0998 e. The van der Waals surface area contributed by atoms with Crippen LogP contribution in [0.2, 0.25) is 0 Å². The monoisotopic (exact) mass is 265 g/mol. The predicted octanol–water partition coefficient (Wildman–Crippen LogP) is 3.75. The van der Waals surface area contributed by atoms with Crippen LogP contribution in [0.4, 0.5) is 5.69 Å². The van der Waals surface area contributed by atoms with Crippen LogP contribution in [-0.4, -0.2) is 5.21 Å². The summed E-state index contributed by atoms with van der Waals surface area (Å²) >= 11 is 0. The van der Waals surface area contributed by atoms with E-state index in [1.165, 1.54) is 12.1 Å². The van der Waals surface area contributed by atoms with Gasteiger partial charge in [-0.3, -0.25) is 5.21 Å². The van der Waals surface area contributed by atoms with E-state index in [0.717, 1.165) is 11.1 Å². The van der Waals surface area contributed by atoms with Crippen LogP contribution in [0.5, 0.6) is 0 Å². The average Bonchev–Trinajstić information content (AvgIpc) is 2.46. The molecule has 0 aromatic heterocycles. The summed E-state index contributed by atoms with van der Waals surface area (Å²) in [6.07, 6.45) is 1.68. The van der Waals surface area contributed by atoms with Crippen LogP contribution in [0, 0.1) is 23.5 Å². The minimum Gasteiger partial charge on any atom is -0.733 e. The highest BCUT2D eigenvalue weighted by atomic mass is 16.8. The van der Waals surface area contributed by atoms with E-state index < -0.39 is 0 Å². The Bertz CT molecular complexity index is 668. The van der Waals surface area contributed by atoms with Gasteiger partial charge in [-0.25, -0.2) is 0 Å². The van der Waals surface area contributed by atoms with E-state index in [9.17, 15) is 10.5 Å². The zero-order valence-electron chi connectivity index (χ0n) is 10.9. The minimum atomic E-state index is -0.199. The quantitative estimate of drug-likeness (QED) is 0.521. The molecule has 0 radical (unpaired) electrons. The lowest BCUT2D eigenvalue weighted by molar-refractivity contribution is 0.296. The van der Waals surface area contributed by atoms with Gasteiger partial charge in [-0.2, -0.15) is 5.26 Å². The van der Waals surface area contributed by atoms with Crippen LogP contribution >= 0.6 is 0 Å². The second kappa shape index (κ2) is 6.02. The van der Waals surface area contributed by atoms with Crippen molar-refractivity contribution in [3.63, 3.8) is 0 Å². The number of nitriles is 1. The molecule has 0 aliphatic heterocycles. The molecule has 0 atom stereocenters. The fourth-order valence-electron chi connectivity index (χ4n) is 1.81. The van der Waals surface area contributed by atoms with E-state index in [4.69, 9.17) is 5.21 Å². The van der Waals surface area contributed by atoms with Crippen LogP contribution in [-0.2, 0) is 0 Å². The molecule has 20 heavy (non-hydrogen) atoms. The van der Waals surface area contributed by atoms with E-state index in [-0.39, 0.29) is 10.9 Å². The SMILES string of the molecule is Cc1ccc(C(C#N)=Cc2cccc(N([O-])O)c2)cc1. The number of hydrogen-bond acceptors (Lipinski definition) is 4. The molecule has 0 heterocycles. The maximum Gasteiger partial charge on any atom is 0.0998 e. The molecule has 2 rings (SSSR count). The van der Waals surface area contributed by atoms with Crippen LogP contribution in [0.15, 0.2) is 48.5 Å². The Morgan fingerprint density at radius 3 is 2.55 bits per heavy atom. The van der Waals surface area contributed by atoms with Gasteiger partial charge in [0.05, 0.1) is 17.3 Å². The number of rotatable bonds is 3. The van der Waals surface area contributed by atoms with Crippen molar-refractivity contribution >= 4 is 17.3 Å². The summed E-state index contributed by atoms with van der Waals surface area (Å²) in [5, 5.41) is 28.8. The number of hydrogen-bond donors (Lipinski definition) is 1. The van der Waals surface area contributed by atoms with Gasteiger partial charge in [-0.1, -0.05) is 42.0 Å². The summed E-state index contributed by atoms with van der Waals surface area (Å²) in [7, 11) is 0. The second-order valence-corrected chi connectivity index (χ2v) is 4.40. The molecular formula is C16H13N2O2-. The first kappa shape index (κ1) is 13.8. The van der Waals surface area contributed by atoms with Crippen LogP contribution in [0.25, 0.3) is 11.6 Å². The molecule has 2 aromatic rings. The van der Waals surface area contributed by atoms with Gasteiger partial charge in [0, 0.05) is 0 Å². The highest BCUT2D eigenvalue weighted by Gasteiger charge is 2.01. The van der Waals surface area contributed by atoms with E-state index in [0.29, 0.717) is 11.1 Å². The molecular weight excluding hydrogens is 252 g/mol. The van der Waals surface area contributed by atoms with E-state index >= 15 is 0 Å². The molecule has 4 heteroatoms. The lowest BCUT2D eigenvalue weighted by atomic mass is 10.0. The Labute approximate surface area is 117 Å². The molecule has 0 saturated heterocycles. The van der Waals surface area contributed by atoms with Crippen molar-refractivity contribution in [2.75, 3.05) is 5.23 Å². The second-order valence-electron chi connectivity index (χ2n) is 4.40. The van der Waals surface area contributed by atoms with Crippen LogP contribution < -0.4 is 5.23 Å². The first-order valence-corrected chi connectivity index (χ1v) is 6.05. The minimum absolute atomic E-state index is 0.125. The Balaban J connectivity index is 2.39. The lowest BCUT2D eigenvalue weighted by Crippen LogP contribution is -2.06. The van der Waals surface area contributed by atoms with Gasteiger partial charge in [0.15, 0.2) is 0 Å². The van der Waals surface area contributed by atoms with Gasteiger partial charge in [-0.15, -0.1) is 0 Å². The van der Waals surface area contributed by atoms with Gasteiger partial charge < -0.3 is 10.4 Å². The van der Waals surface area contributed by atoms with Crippen LogP contribution in [0.1, 0.15) is 16.7 Å². The normalized spacial score (nSPS) is 11.0. The number of aryl methyl sites for hydroxylation is 1. The maximum atomic E-state index is 10.8. The lowest BCUT2D eigenvalue weighted by Gasteiger charge is -2.21. The van der Waals surface area contributed by atoms with E-state index in [2.05, 4.69) is 6.07 Å². The summed E-state index contributed by atoms with van der Waals surface area (Å²) in [4.78, 5) is 0. The number of benzene rings is 2. The van der Waals surface area contributed by atoms with Crippen molar-refractivity contribution in [2.24, 2.45) is 0 Å². The highest BCUT2D eigenvalue weighted by molar-refractivity contribution is 5.90. The summed E-state index contributed by atoms with van der Waals surface area (Å²) in [5.41, 5.74) is 3.23. The molecule has 2 aromatic carbocycles. The average molecular weight is 265 g/mol. The molecule has 0 fully saturated rings. The summed E-state index contributed by atoms with van der Waals surface area (Å²) in [5.74, 6) is 0. The zero-order chi connectivity index (χ0) is 14.5. The number of allylic oxidation sites excluding steroid dienone is 1. The molecule has 0 amide bonds. The van der Waals surface area contributed by atoms with Gasteiger partial charge in [0.1, 0.15) is 0 Å². The fraction of sp³-hybridized carbons (Fsp3) is 0.0625. The molecule has 1 N–H and O–H groups in total. The molecule has 0 aliphatic rings. The van der Waals surface area contributed by atoms with Gasteiger partial charge in [0.25, 0.3) is 0 Å². The molecule has 0 spiro atoms. The molecule has 0 bridgehead atoms. The predicted molar refractivity (Wildman–Crippen MR) is 78.7 cm³/mol. The third-order valence-electron chi connectivity index (χ3n) is 2.89. The van der Waals surface area contributed by atoms with E-state index in [1.807, 2.05) is 31.2 Å².